The van der Waals surface area contributed by atoms with Crippen LogP contribution in [0.15, 0.2) is 18.2 Å². The summed E-state index contributed by atoms with van der Waals surface area (Å²) in [5.41, 5.74) is 7.76. The summed E-state index contributed by atoms with van der Waals surface area (Å²) in [7, 11) is 0. The molecule has 1 aromatic rings. The van der Waals surface area contributed by atoms with Crippen LogP contribution in [0.25, 0.3) is 0 Å². The standard InChI is InChI=1S/C14H23N3S/c1-14(2)6-7-17(8-9-18-14)11-13-5-3-4-12(10-15)16-13/h3-5H,6-11,15H2,1-2H3. The molecule has 0 unspecified atom stereocenters. The van der Waals surface area contributed by atoms with E-state index in [9.17, 15) is 0 Å². The van der Waals surface area contributed by atoms with Crippen LogP contribution in [0.5, 0.6) is 0 Å². The lowest BCUT2D eigenvalue weighted by atomic mass is 10.1. The third-order valence-electron chi connectivity index (χ3n) is 3.39. The van der Waals surface area contributed by atoms with E-state index in [0.717, 1.165) is 31.0 Å². The fourth-order valence-corrected chi connectivity index (χ4v) is 3.32. The topological polar surface area (TPSA) is 42.1 Å². The van der Waals surface area contributed by atoms with Crippen molar-refractivity contribution in [1.82, 2.24) is 9.88 Å². The minimum absolute atomic E-state index is 0.418. The molecule has 0 radical (unpaired) electrons. The molecule has 0 saturated carbocycles. The lowest BCUT2D eigenvalue weighted by Crippen LogP contribution is -2.27. The zero-order valence-corrected chi connectivity index (χ0v) is 12.2. The molecule has 2 N–H and O–H groups in total. The van der Waals surface area contributed by atoms with Gasteiger partial charge in [0.05, 0.1) is 11.4 Å². The van der Waals surface area contributed by atoms with Gasteiger partial charge in [-0.25, -0.2) is 0 Å². The monoisotopic (exact) mass is 265 g/mol. The van der Waals surface area contributed by atoms with E-state index in [2.05, 4.69) is 47.6 Å². The molecular weight excluding hydrogens is 242 g/mol. The normalized spacial score (nSPS) is 20.6. The molecular formula is C14H23N3S. The van der Waals surface area contributed by atoms with Crippen LogP contribution >= 0.6 is 11.8 Å². The summed E-state index contributed by atoms with van der Waals surface area (Å²) in [6, 6.07) is 6.15. The fraction of sp³-hybridized carbons (Fsp3) is 0.643. The van der Waals surface area contributed by atoms with E-state index < -0.39 is 0 Å². The summed E-state index contributed by atoms with van der Waals surface area (Å²) >= 11 is 2.08. The van der Waals surface area contributed by atoms with Gasteiger partial charge in [-0.05, 0) is 25.1 Å². The Kier molecular flexibility index (Phi) is 4.65. The van der Waals surface area contributed by atoms with Crippen molar-refractivity contribution in [2.75, 3.05) is 18.8 Å². The Morgan fingerprint density at radius 3 is 2.89 bits per heavy atom. The Labute approximate surface area is 114 Å². The fourth-order valence-electron chi connectivity index (χ4n) is 2.18. The minimum atomic E-state index is 0.418. The molecule has 100 valence electrons. The van der Waals surface area contributed by atoms with Gasteiger partial charge in [0, 0.05) is 30.1 Å². The SMILES string of the molecule is CC1(C)CCN(Cc2cccc(CN)n2)CCS1. The molecule has 0 spiro atoms. The molecule has 1 aliphatic rings. The average Bonchev–Trinajstić information content (AvgIpc) is 2.51. The highest BCUT2D eigenvalue weighted by atomic mass is 32.2. The first-order valence-electron chi connectivity index (χ1n) is 6.60. The second-order valence-electron chi connectivity index (χ2n) is 5.46. The van der Waals surface area contributed by atoms with Gasteiger partial charge >= 0.3 is 0 Å². The molecule has 2 rings (SSSR count). The Balaban J connectivity index is 1.96. The van der Waals surface area contributed by atoms with E-state index in [0.29, 0.717) is 11.3 Å². The summed E-state index contributed by atoms with van der Waals surface area (Å²) in [6.07, 6.45) is 1.24. The quantitative estimate of drug-likeness (QED) is 0.910. The van der Waals surface area contributed by atoms with Crippen molar-refractivity contribution in [1.29, 1.82) is 0 Å². The summed E-state index contributed by atoms with van der Waals surface area (Å²) in [5, 5.41) is 0. The maximum absolute atomic E-state index is 5.63. The largest absolute Gasteiger partial charge is 0.325 e. The first-order valence-corrected chi connectivity index (χ1v) is 7.59. The number of nitrogens with two attached hydrogens (primary N) is 1. The molecule has 4 heteroatoms. The molecule has 1 aliphatic heterocycles. The Morgan fingerprint density at radius 1 is 1.33 bits per heavy atom. The van der Waals surface area contributed by atoms with Crippen molar-refractivity contribution in [2.45, 2.75) is 38.1 Å². The van der Waals surface area contributed by atoms with E-state index in [1.165, 1.54) is 12.2 Å². The first kappa shape index (κ1) is 13.8. The van der Waals surface area contributed by atoms with Gasteiger partial charge in [0.15, 0.2) is 0 Å². The number of hydrogen-bond donors (Lipinski definition) is 1. The zero-order valence-electron chi connectivity index (χ0n) is 11.4. The predicted octanol–water partition coefficient (Wildman–Crippen LogP) is 2.26. The van der Waals surface area contributed by atoms with Crippen LogP contribution in [0.4, 0.5) is 0 Å². The first-order chi connectivity index (χ1) is 8.59. The second kappa shape index (κ2) is 6.04. The van der Waals surface area contributed by atoms with Crippen LogP contribution in [-0.4, -0.2) is 33.5 Å². The van der Waals surface area contributed by atoms with Gasteiger partial charge < -0.3 is 5.73 Å². The predicted molar refractivity (Wildman–Crippen MR) is 78.6 cm³/mol. The van der Waals surface area contributed by atoms with E-state index in [1.54, 1.807) is 0 Å². The van der Waals surface area contributed by atoms with Gasteiger partial charge in [-0.2, -0.15) is 11.8 Å². The Morgan fingerprint density at radius 2 is 2.11 bits per heavy atom. The molecule has 0 aliphatic carbocycles. The van der Waals surface area contributed by atoms with Gasteiger partial charge in [-0.15, -0.1) is 0 Å². The van der Waals surface area contributed by atoms with Crippen molar-refractivity contribution in [3.63, 3.8) is 0 Å². The maximum atomic E-state index is 5.63. The third kappa shape index (κ3) is 3.97. The van der Waals surface area contributed by atoms with E-state index >= 15 is 0 Å². The molecule has 18 heavy (non-hydrogen) atoms. The number of hydrogen-bond acceptors (Lipinski definition) is 4. The van der Waals surface area contributed by atoms with E-state index in [4.69, 9.17) is 5.73 Å². The van der Waals surface area contributed by atoms with Crippen LogP contribution in [-0.2, 0) is 13.1 Å². The molecule has 1 aromatic heterocycles. The molecule has 0 atom stereocenters. The highest BCUT2D eigenvalue weighted by molar-refractivity contribution is 8.00. The van der Waals surface area contributed by atoms with Gasteiger partial charge in [0.25, 0.3) is 0 Å². The maximum Gasteiger partial charge on any atom is 0.0547 e. The number of nitrogens with zero attached hydrogens (tertiary/aromatic N) is 2. The molecule has 0 aromatic carbocycles. The number of thioether (sulfide) groups is 1. The lowest BCUT2D eigenvalue weighted by Gasteiger charge is -2.22. The van der Waals surface area contributed by atoms with Crippen molar-refractivity contribution in [3.05, 3.63) is 29.6 Å². The van der Waals surface area contributed by atoms with Crippen molar-refractivity contribution in [2.24, 2.45) is 5.73 Å². The van der Waals surface area contributed by atoms with Gasteiger partial charge in [0.2, 0.25) is 0 Å². The van der Waals surface area contributed by atoms with Crippen molar-refractivity contribution >= 4 is 11.8 Å². The van der Waals surface area contributed by atoms with Crippen molar-refractivity contribution < 1.29 is 0 Å². The van der Waals surface area contributed by atoms with Gasteiger partial charge in [0.1, 0.15) is 0 Å². The smallest absolute Gasteiger partial charge is 0.0547 e. The lowest BCUT2D eigenvalue weighted by molar-refractivity contribution is 0.273. The van der Waals surface area contributed by atoms with Crippen LogP contribution in [0.3, 0.4) is 0 Å². The Hall–Kier alpha value is -0.580. The number of aromatic nitrogens is 1. The second-order valence-corrected chi connectivity index (χ2v) is 7.26. The van der Waals surface area contributed by atoms with Crippen LogP contribution in [0.2, 0.25) is 0 Å². The summed E-state index contributed by atoms with van der Waals surface area (Å²) < 4.78 is 0.418. The highest BCUT2D eigenvalue weighted by Crippen LogP contribution is 2.30. The molecule has 1 saturated heterocycles. The summed E-state index contributed by atoms with van der Waals surface area (Å²) in [4.78, 5) is 7.08. The molecule has 2 heterocycles. The average molecular weight is 265 g/mol. The minimum Gasteiger partial charge on any atom is -0.325 e. The summed E-state index contributed by atoms with van der Waals surface area (Å²) in [5.74, 6) is 1.21. The number of pyridine rings is 1. The van der Waals surface area contributed by atoms with Crippen LogP contribution < -0.4 is 5.73 Å². The van der Waals surface area contributed by atoms with Crippen molar-refractivity contribution in [3.8, 4) is 0 Å². The highest BCUT2D eigenvalue weighted by Gasteiger charge is 2.23. The number of rotatable bonds is 3. The summed E-state index contributed by atoms with van der Waals surface area (Å²) in [6.45, 7) is 8.47. The zero-order chi connectivity index (χ0) is 13.0. The molecule has 3 nitrogen and oxygen atoms in total. The van der Waals surface area contributed by atoms with Gasteiger partial charge in [-0.1, -0.05) is 19.9 Å². The van der Waals surface area contributed by atoms with E-state index in [1.807, 2.05) is 6.07 Å². The molecule has 1 fully saturated rings. The van der Waals surface area contributed by atoms with Crippen LogP contribution in [0, 0.1) is 0 Å². The van der Waals surface area contributed by atoms with Gasteiger partial charge in [-0.3, -0.25) is 9.88 Å². The molecule has 0 amide bonds. The van der Waals surface area contributed by atoms with Crippen LogP contribution in [0.1, 0.15) is 31.7 Å². The molecule has 0 bridgehead atoms. The Bertz CT molecular complexity index is 392. The third-order valence-corrected chi connectivity index (χ3v) is 4.76. The van der Waals surface area contributed by atoms with E-state index in [-0.39, 0.29) is 0 Å².